The van der Waals surface area contributed by atoms with Crippen molar-refractivity contribution in [3.8, 4) is 33.5 Å². The summed E-state index contributed by atoms with van der Waals surface area (Å²) in [4.78, 5) is 10.2. The van der Waals surface area contributed by atoms with Gasteiger partial charge in [-0.3, -0.25) is 4.98 Å². The molecule has 1 aromatic heterocycles. The van der Waals surface area contributed by atoms with E-state index in [1.807, 2.05) is 6.20 Å². The number of nitrogens with zero attached hydrogens (tertiary/aromatic N) is 2. The first-order valence-electron chi connectivity index (χ1n) is 13.5. The van der Waals surface area contributed by atoms with E-state index in [2.05, 4.69) is 129 Å². The summed E-state index contributed by atoms with van der Waals surface area (Å²) in [5.41, 5.74) is 11.7. The lowest BCUT2D eigenvalue weighted by Gasteiger charge is -2.22. The third kappa shape index (κ3) is 3.21. The first-order chi connectivity index (χ1) is 19.1. The zero-order valence-corrected chi connectivity index (χ0v) is 21.9. The molecule has 0 fully saturated rings. The molecule has 7 aromatic rings. The molecule has 2 heteroatoms. The molecule has 0 amide bonds. The highest BCUT2D eigenvalue weighted by Crippen LogP contribution is 2.49. The first kappa shape index (κ1) is 22.2. The topological polar surface area (TPSA) is 25.8 Å². The molecule has 0 unspecified atom stereocenters. The highest BCUT2D eigenvalue weighted by Gasteiger charge is 2.35. The number of hydrogen-bond donors (Lipinski definition) is 0. The Balaban J connectivity index is 1.27. The first-order valence-corrected chi connectivity index (χ1v) is 13.5. The smallest absolute Gasteiger partial charge is 0.0979 e. The van der Waals surface area contributed by atoms with Gasteiger partial charge in [-0.15, -0.1) is 0 Å². The molecule has 39 heavy (non-hydrogen) atoms. The van der Waals surface area contributed by atoms with Crippen LogP contribution in [0.4, 0.5) is 0 Å². The van der Waals surface area contributed by atoms with E-state index in [9.17, 15) is 0 Å². The normalized spacial score (nSPS) is 13.6. The van der Waals surface area contributed by atoms with Gasteiger partial charge in [-0.05, 0) is 56.3 Å². The maximum absolute atomic E-state index is 5.20. The van der Waals surface area contributed by atoms with Gasteiger partial charge >= 0.3 is 0 Å². The van der Waals surface area contributed by atoms with Gasteiger partial charge in [0.2, 0.25) is 0 Å². The van der Waals surface area contributed by atoms with Crippen molar-refractivity contribution in [1.82, 2.24) is 9.97 Å². The van der Waals surface area contributed by atoms with Crippen molar-refractivity contribution in [3.63, 3.8) is 0 Å². The maximum atomic E-state index is 5.20. The molecule has 0 saturated heterocycles. The van der Waals surface area contributed by atoms with Gasteiger partial charge in [-0.1, -0.05) is 117 Å². The van der Waals surface area contributed by atoms with E-state index < -0.39 is 0 Å². The molecule has 0 N–H and O–H groups in total. The van der Waals surface area contributed by atoms with Crippen LogP contribution in [0.3, 0.4) is 0 Å². The molecule has 1 heterocycles. The highest BCUT2D eigenvalue weighted by molar-refractivity contribution is 6.23. The molecule has 8 rings (SSSR count). The Bertz CT molecular complexity index is 2070. The van der Waals surface area contributed by atoms with Crippen LogP contribution in [0.15, 0.2) is 121 Å². The molecule has 0 bridgehead atoms. The lowest BCUT2D eigenvalue weighted by atomic mass is 9.81. The third-order valence-corrected chi connectivity index (χ3v) is 8.50. The molecule has 2 nitrogen and oxygen atoms in total. The van der Waals surface area contributed by atoms with Crippen LogP contribution in [0.25, 0.3) is 66.1 Å². The summed E-state index contributed by atoms with van der Waals surface area (Å²) in [6, 6.07) is 41.4. The monoisotopic (exact) mass is 498 g/mol. The molecule has 0 saturated carbocycles. The molecule has 0 radical (unpaired) electrons. The van der Waals surface area contributed by atoms with Gasteiger partial charge in [-0.25, -0.2) is 4.98 Å². The Hall–Kier alpha value is -4.82. The van der Waals surface area contributed by atoms with Crippen molar-refractivity contribution in [2.45, 2.75) is 19.3 Å². The summed E-state index contributed by atoms with van der Waals surface area (Å²) < 4.78 is 0. The fourth-order valence-corrected chi connectivity index (χ4v) is 6.50. The SMILES string of the molecule is CC1(C)c2ccccc2-c2ccc(-c3cccc(-c4cnc5c6ccccc6c6ccccc6c5n4)c3)cc21. The van der Waals surface area contributed by atoms with Crippen molar-refractivity contribution in [1.29, 1.82) is 0 Å². The summed E-state index contributed by atoms with van der Waals surface area (Å²) in [7, 11) is 0. The van der Waals surface area contributed by atoms with E-state index in [-0.39, 0.29) is 5.41 Å². The quantitative estimate of drug-likeness (QED) is 0.222. The summed E-state index contributed by atoms with van der Waals surface area (Å²) in [5, 5.41) is 4.70. The van der Waals surface area contributed by atoms with Gasteiger partial charge < -0.3 is 0 Å². The van der Waals surface area contributed by atoms with Crippen LogP contribution < -0.4 is 0 Å². The van der Waals surface area contributed by atoms with E-state index in [1.165, 1.54) is 44.2 Å². The van der Waals surface area contributed by atoms with E-state index >= 15 is 0 Å². The predicted molar refractivity (Wildman–Crippen MR) is 163 cm³/mol. The molecule has 0 aliphatic heterocycles. The second-order valence-electron chi connectivity index (χ2n) is 11.1. The fraction of sp³-hybridized carbons (Fsp3) is 0.0811. The summed E-state index contributed by atoms with van der Waals surface area (Å²) >= 11 is 0. The minimum absolute atomic E-state index is 0.0206. The Labute approximate surface area is 227 Å². The Kier molecular flexibility index (Phi) is 4.60. The van der Waals surface area contributed by atoms with Gasteiger partial charge in [0.1, 0.15) is 0 Å². The summed E-state index contributed by atoms with van der Waals surface area (Å²) in [5.74, 6) is 0. The van der Waals surface area contributed by atoms with Crippen molar-refractivity contribution in [2.24, 2.45) is 0 Å². The lowest BCUT2D eigenvalue weighted by molar-refractivity contribution is 0.660. The van der Waals surface area contributed by atoms with Gasteiger partial charge in [0.25, 0.3) is 0 Å². The average Bonchev–Trinajstić information content (AvgIpc) is 3.23. The van der Waals surface area contributed by atoms with E-state index in [1.54, 1.807) is 0 Å². The van der Waals surface area contributed by atoms with Gasteiger partial charge in [0.05, 0.1) is 22.9 Å². The minimum atomic E-state index is -0.0206. The fourth-order valence-electron chi connectivity index (χ4n) is 6.50. The van der Waals surface area contributed by atoms with Gasteiger partial charge in [0.15, 0.2) is 0 Å². The second kappa shape index (κ2) is 8.09. The number of rotatable bonds is 2. The molecule has 184 valence electrons. The standard InChI is InChI=1S/C37H26N2/c1-37(2)32-17-8-7-14-28(32)29-19-18-24(21-33(29)37)23-10-9-11-25(20-23)34-22-38-35-30-15-5-3-12-26(30)27-13-4-6-16-31(27)36(35)39-34/h3-22H,1-2H3. The van der Waals surface area contributed by atoms with Crippen LogP contribution in [0.2, 0.25) is 0 Å². The van der Waals surface area contributed by atoms with Crippen LogP contribution in [-0.2, 0) is 5.41 Å². The van der Waals surface area contributed by atoms with E-state index in [0.29, 0.717) is 0 Å². The van der Waals surface area contributed by atoms with Crippen LogP contribution in [0, 0.1) is 0 Å². The van der Waals surface area contributed by atoms with Crippen molar-refractivity contribution < 1.29 is 0 Å². The van der Waals surface area contributed by atoms with Crippen molar-refractivity contribution >= 4 is 32.6 Å². The molecule has 0 spiro atoms. The molecule has 1 aliphatic rings. The number of benzene rings is 6. The van der Waals surface area contributed by atoms with Crippen LogP contribution in [-0.4, -0.2) is 9.97 Å². The van der Waals surface area contributed by atoms with Crippen molar-refractivity contribution in [2.75, 3.05) is 0 Å². The van der Waals surface area contributed by atoms with Crippen LogP contribution in [0.5, 0.6) is 0 Å². The molecule has 6 aromatic carbocycles. The lowest BCUT2D eigenvalue weighted by Crippen LogP contribution is -2.14. The van der Waals surface area contributed by atoms with Gasteiger partial charge in [0, 0.05) is 21.8 Å². The van der Waals surface area contributed by atoms with Crippen LogP contribution in [0.1, 0.15) is 25.0 Å². The Morgan fingerprint density at radius 1 is 0.487 bits per heavy atom. The van der Waals surface area contributed by atoms with E-state index in [4.69, 9.17) is 9.97 Å². The van der Waals surface area contributed by atoms with Gasteiger partial charge in [-0.2, -0.15) is 0 Å². The average molecular weight is 499 g/mol. The number of aromatic nitrogens is 2. The third-order valence-electron chi connectivity index (χ3n) is 8.50. The molecule has 0 atom stereocenters. The second-order valence-corrected chi connectivity index (χ2v) is 11.1. The zero-order chi connectivity index (χ0) is 26.1. The maximum Gasteiger partial charge on any atom is 0.0979 e. The Morgan fingerprint density at radius 3 is 1.90 bits per heavy atom. The molecular weight excluding hydrogens is 472 g/mol. The molecule has 1 aliphatic carbocycles. The number of hydrogen-bond acceptors (Lipinski definition) is 2. The highest BCUT2D eigenvalue weighted by atomic mass is 14.8. The zero-order valence-electron chi connectivity index (χ0n) is 21.9. The van der Waals surface area contributed by atoms with Crippen LogP contribution >= 0.6 is 0 Å². The minimum Gasteiger partial charge on any atom is -0.252 e. The Morgan fingerprint density at radius 2 is 1.10 bits per heavy atom. The number of fused-ring (bicyclic) bond motifs is 9. The van der Waals surface area contributed by atoms with E-state index in [0.717, 1.165) is 33.1 Å². The van der Waals surface area contributed by atoms with Crippen molar-refractivity contribution in [3.05, 3.63) is 133 Å². The predicted octanol–water partition coefficient (Wildman–Crippen LogP) is 9.58. The largest absolute Gasteiger partial charge is 0.252 e. The molecular formula is C37H26N2. The summed E-state index contributed by atoms with van der Waals surface area (Å²) in [6.07, 6.45) is 1.92. The summed E-state index contributed by atoms with van der Waals surface area (Å²) in [6.45, 7) is 4.66.